The van der Waals surface area contributed by atoms with Crippen LogP contribution in [0.25, 0.3) is 56.4 Å². The number of amides is 8. The lowest BCUT2D eigenvalue weighted by molar-refractivity contribution is 0.0942. The SMILES string of the molecule is Cc1ccc(-n2nc(-c3ccc(CNC(=O)c4ccccc4C)cc3)c(C(N)=O)c2N)cc1.Cc1ccccc1C(=O)NCc1ccc(-c2nn(-c3ccc(F)cc3)c(N)c2C(N)=O)cc1.Cc1ccccc1C(=O)NCc1ccc(-c2nn(C3CCC(F)C3)c(N)c2C(N)=O)cc1.Cc1ccccc1C(=O)NCc1ccc(-c2nn(CC3CCCNC3)c(N)c2C(N)=O)cc1. The minimum absolute atomic E-state index is 0.0682. The third kappa shape index (κ3) is 22.3. The van der Waals surface area contributed by atoms with Gasteiger partial charge in [0.05, 0.1) is 17.4 Å². The number of nitrogens with zero attached hydrogens (tertiary/aromatic N) is 8. The zero-order valence-electron chi connectivity index (χ0n) is 73.0. The molecule has 131 heavy (non-hydrogen) atoms. The van der Waals surface area contributed by atoms with Crippen LogP contribution in [-0.2, 0) is 32.7 Å². The molecule has 4 aromatic heterocycles. The first-order valence-electron chi connectivity index (χ1n) is 42.6. The third-order valence-corrected chi connectivity index (χ3v) is 22.9. The summed E-state index contributed by atoms with van der Waals surface area (Å²) in [7, 11) is 0. The summed E-state index contributed by atoms with van der Waals surface area (Å²) in [5.74, 6) is -2.42. The summed E-state index contributed by atoms with van der Waals surface area (Å²) in [5, 5.41) is 33.3. The second-order valence-electron chi connectivity index (χ2n) is 32.2. The molecule has 5 heterocycles. The van der Waals surface area contributed by atoms with Gasteiger partial charge in [0, 0.05) is 83.7 Å². The Hall–Kier alpha value is -16.2. The van der Waals surface area contributed by atoms with Gasteiger partial charge in [-0.05, 0) is 184 Å². The van der Waals surface area contributed by atoms with Crippen molar-refractivity contribution in [2.75, 3.05) is 36.0 Å². The number of rotatable bonds is 25. The molecule has 0 spiro atoms. The van der Waals surface area contributed by atoms with Crippen LogP contribution in [0.1, 0.15) is 171 Å². The number of carbonyl (C=O) groups excluding carboxylic acids is 8. The molecule has 29 nitrogen and oxygen atoms in total. The number of nitrogen functional groups attached to an aromatic ring is 4. The molecule has 1 saturated carbocycles. The molecule has 31 heteroatoms. The lowest BCUT2D eigenvalue weighted by Gasteiger charge is -2.22. The van der Waals surface area contributed by atoms with Gasteiger partial charge in [-0.15, -0.1) is 0 Å². The van der Waals surface area contributed by atoms with Crippen LogP contribution in [0.3, 0.4) is 0 Å². The van der Waals surface area contributed by atoms with Gasteiger partial charge < -0.3 is 72.5 Å². The average Bonchev–Trinajstić information content (AvgIpc) is 1.64. The van der Waals surface area contributed by atoms with Crippen LogP contribution >= 0.6 is 0 Å². The van der Waals surface area contributed by atoms with Gasteiger partial charge in [0.1, 0.15) is 80.3 Å². The number of aryl methyl sites for hydroxylation is 5. The highest BCUT2D eigenvalue weighted by atomic mass is 19.1. The van der Waals surface area contributed by atoms with Crippen molar-refractivity contribution < 1.29 is 47.1 Å². The van der Waals surface area contributed by atoms with E-state index in [1.54, 1.807) is 47.1 Å². The summed E-state index contributed by atoms with van der Waals surface area (Å²) in [6.07, 6.45) is 2.71. The first-order chi connectivity index (χ1) is 63.0. The highest BCUT2D eigenvalue weighted by Gasteiger charge is 2.33. The summed E-state index contributed by atoms with van der Waals surface area (Å²) in [4.78, 5) is 98.3. The zero-order valence-corrected chi connectivity index (χ0v) is 73.0. The number of nitrogens with one attached hydrogen (secondary N) is 5. The summed E-state index contributed by atoms with van der Waals surface area (Å²) in [6.45, 7) is 13.6. The van der Waals surface area contributed by atoms with Crippen molar-refractivity contribution in [3.63, 3.8) is 0 Å². The molecule has 1 saturated heterocycles. The number of nitrogens with two attached hydrogens (primary N) is 8. The van der Waals surface area contributed by atoms with Crippen LogP contribution in [0.15, 0.2) is 243 Å². The van der Waals surface area contributed by atoms with Gasteiger partial charge in [0.25, 0.3) is 47.3 Å². The van der Waals surface area contributed by atoms with Gasteiger partial charge in [0.15, 0.2) is 0 Å². The molecule has 2 fully saturated rings. The van der Waals surface area contributed by atoms with Crippen LogP contribution < -0.4 is 72.5 Å². The smallest absolute Gasteiger partial charge is 0.254 e. The summed E-state index contributed by atoms with van der Waals surface area (Å²) in [6, 6.07) is 72.2. The average molecular weight is 1770 g/mol. The number of hydrogen-bond donors (Lipinski definition) is 13. The quantitative estimate of drug-likeness (QED) is 0.0253. The van der Waals surface area contributed by atoms with Gasteiger partial charge in [-0.2, -0.15) is 20.4 Å². The highest BCUT2D eigenvalue weighted by Crippen LogP contribution is 2.39. The van der Waals surface area contributed by atoms with Crippen LogP contribution in [0, 0.1) is 46.4 Å². The molecule has 1 aliphatic heterocycles. The lowest BCUT2D eigenvalue weighted by Crippen LogP contribution is -2.32. The molecule has 0 bridgehead atoms. The molecule has 3 unspecified atom stereocenters. The van der Waals surface area contributed by atoms with Gasteiger partial charge >= 0.3 is 0 Å². The fourth-order valence-corrected chi connectivity index (χ4v) is 15.6. The molecule has 0 radical (unpaired) electrons. The van der Waals surface area contributed by atoms with Crippen LogP contribution in [0.4, 0.5) is 32.1 Å². The number of piperidine rings is 1. The molecule has 3 atom stereocenters. The van der Waals surface area contributed by atoms with Gasteiger partial charge in [0.2, 0.25) is 0 Å². The van der Waals surface area contributed by atoms with E-state index >= 15 is 0 Å². The van der Waals surface area contributed by atoms with Crippen molar-refractivity contribution in [1.82, 2.24) is 65.7 Å². The summed E-state index contributed by atoms with van der Waals surface area (Å²) in [5.41, 5.74) is 64.5. The highest BCUT2D eigenvalue weighted by molar-refractivity contribution is 6.06. The van der Waals surface area contributed by atoms with Crippen molar-refractivity contribution in [3.05, 3.63) is 343 Å². The molecule has 2 aliphatic rings. The Morgan fingerprint density at radius 3 is 1.02 bits per heavy atom. The van der Waals surface area contributed by atoms with E-state index in [9.17, 15) is 47.1 Å². The maximum absolute atomic E-state index is 13.7. The monoisotopic (exact) mass is 1760 g/mol. The first kappa shape index (κ1) is 92.5. The van der Waals surface area contributed by atoms with E-state index in [1.807, 2.05) is 211 Å². The minimum atomic E-state index is -0.891. The normalized spacial score (nSPS) is 13.8. The Balaban J connectivity index is 0.000000149. The van der Waals surface area contributed by atoms with E-state index in [-0.39, 0.29) is 69.4 Å². The number of alkyl halides is 1. The second kappa shape index (κ2) is 42.0. The van der Waals surface area contributed by atoms with Crippen LogP contribution in [0.5, 0.6) is 0 Å². The first-order valence-corrected chi connectivity index (χ1v) is 42.6. The Morgan fingerprint density at radius 1 is 0.382 bits per heavy atom. The fraction of sp³-hybridized carbons (Fsp3) is 0.200. The number of anilines is 4. The molecule has 16 rings (SSSR count). The maximum Gasteiger partial charge on any atom is 0.254 e. The molecule has 670 valence electrons. The second-order valence-corrected chi connectivity index (χ2v) is 32.2. The molecular formula is C100H103F2N21O8. The minimum Gasteiger partial charge on any atom is -0.383 e. The van der Waals surface area contributed by atoms with Crippen molar-refractivity contribution in [3.8, 4) is 56.4 Å². The topological polar surface area (TPSA) is 476 Å². The van der Waals surface area contributed by atoms with E-state index in [0.29, 0.717) is 131 Å². The van der Waals surface area contributed by atoms with Gasteiger partial charge in [-0.1, -0.05) is 188 Å². The van der Waals surface area contributed by atoms with Crippen LogP contribution in [0.2, 0.25) is 0 Å². The molecule has 1 aliphatic carbocycles. The number of aromatic nitrogens is 8. The molecule has 10 aromatic carbocycles. The fourth-order valence-electron chi connectivity index (χ4n) is 15.6. The van der Waals surface area contributed by atoms with E-state index in [0.717, 1.165) is 87.3 Å². The van der Waals surface area contributed by atoms with E-state index < -0.39 is 35.6 Å². The largest absolute Gasteiger partial charge is 0.383 e. The maximum atomic E-state index is 13.7. The number of benzene rings is 10. The Kier molecular flexibility index (Phi) is 29.6. The molecular weight excluding hydrogens is 1660 g/mol. The predicted molar refractivity (Wildman–Crippen MR) is 503 cm³/mol. The lowest BCUT2D eigenvalue weighted by atomic mass is 10.00. The molecule has 14 aromatic rings. The molecule has 21 N–H and O–H groups in total. The number of hydrogen-bond acceptors (Lipinski definition) is 17. The van der Waals surface area contributed by atoms with Gasteiger partial charge in [-0.3, -0.25) is 38.4 Å². The van der Waals surface area contributed by atoms with Crippen molar-refractivity contribution in [2.45, 2.75) is 112 Å². The van der Waals surface area contributed by atoms with Crippen molar-refractivity contribution in [1.29, 1.82) is 0 Å². The summed E-state index contributed by atoms with van der Waals surface area (Å²) < 4.78 is 33.1. The Bertz CT molecular complexity index is 6310. The third-order valence-electron chi connectivity index (χ3n) is 22.9. The van der Waals surface area contributed by atoms with E-state index in [4.69, 9.17) is 45.9 Å². The van der Waals surface area contributed by atoms with Gasteiger partial charge in [-0.25, -0.2) is 27.5 Å². The number of carbonyl (C=O) groups is 8. The van der Waals surface area contributed by atoms with E-state index in [2.05, 4.69) is 47.0 Å². The Labute approximate surface area is 755 Å². The standard InChI is InChI=1S/C26H25N5O2.C25H22FN5O2.C25H30N6O2.C24H26FN5O2/c1-16-7-13-20(14-8-16)31-24(27)22(25(28)32)23(30-31)19-11-9-18(10-12-19)15-29-26(33)21-6-4-3-5-17(21)2;1-15-4-2-3-5-20(15)25(33)29-14-16-6-8-17(9-7-16)22-21(24(28)32)23(27)31(30-22)19-12-10-18(26)11-13-19;1-16-5-2-3-7-20(16)25(33)29-14-17-8-10-19(11-9-17)22-21(24(27)32)23(26)31(30-22)15-18-6-4-12-28-13-18;1-14-4-2-3-5-19(14)24(32)28-13-15-6-8-16(9-7-15)21-20(23(27)31)22(26)30(29-21)18-11-10-17(25)12-18/h3-14H,15,27H2,1-2H3,(H2,28,32)(H,29,33);2-13H,14,27H2,1H3,(H2,28,32)(H,29,33);2-3,5,7-11,18,28H,4,6,12-15,26H2,1H3,(H2,27,32)(H,29,33);2-9,17-18H,10-13,26H2,1H3,(H2,27,31)(H,28,32). The molecule has 8 amide bonds. The summed E-state index contributed by atoms with van der Waals surface area (Å²) >= 11 is 0. The van der Waals surface area contributed by atoms with Crippen molar-refractivity contribution in [2.24, 2.45) is 28.9 Å². The van der Waals surface area contributed by atoms with Crippen LogP contribution in [-0.4, -0.2) is 106 Å². The zero-order chi connectivity index (χ0) is 93.3. The number of halogens is 2. The predicted octanol–water partition coefficient (Wildman–Crippen LogP) is 13.4. The number of primary amides is 4. The van der Waals surface area contributed by atoms with E-state index in [1.165, 1.54) is 38.3 Å². The van der Waals surface area contributed by atoms with Crippen molar-refractivity contribution >= 4 is 70.5 Å². The Morgan fingerprint density at radius 2 is 0.702 bits per heavy atom.